The second-order valence-corrected chi connectivity index (χ2v) is 16.4. The van der Waals surface area contributed by atoms with Gasteiger partial charge in [-0.05, 0) is 60.6 Å². The maximum absolute atomic E-state index is 5.75. The van der Waals surface area contributed by atoms with Crippen molar-refractivity contribution in [1.29, 1.82) is 2.67 Å². The molecule has 0 aromatic carbocycles. The summed E-state index contributed by atoms with van der Waals surface area (Å²) in [5.74, 6) is 0. The molecule has 0 saturated heterocycles. The number of hydrogen-bond donors (Lipinski definition) is 0. The van der Waals surface area contributed by atoms with E-state index in [1.165, 1.54) is 66.2 Å². The second kappa shape index (κ2) is 8.50. The van der Waals surface area contributed by atoms with Crippen LogP contribution in [0.5, 0.6) is 0 Å². The molecule has 34 heavy (non-hydrogen) atoms. The van der Waals surface area contributed by atoms with Crippen molar-refractivity contribution in [3.8, 4) is 9.75 Å². The van der Waals surface area contributed by atoms with E-state index in [0.717, 1.165) is 0 Å². The highest BCUT2D eigenvalue weighted by molar-refractivity contribution is 7.42. The fraction of sp³-hybridized carbons (Fsp3) is 0. The maximum Gasteiger partial charge on any atom is 0.0643 e. The van der Waals surface area contributed by atoms with E-state index in [1.807, 2.05) is 102 Å². The Morgan fingerprint density at radius 2 is 0.912 bits per heavy atom. The number of fused-ring (bicyclic) bond motifs is 9. The summed E-state index contributed by atoms with van der Waals surface area (Å²) in [7, 11) is 0.500. The standard InChI is InChI=1S/C16H6S6.C8H4S3.BH2.2H2/c1-3-17-13-7(1)19-11-5-9(21-15(11)13)10-6-12-16(22-10)14-8(20-12)2-4-18-14;1-3-9-7-5(1)11-6-2-4-10-8(6)7;;;/h1-6H;1-4H;1H2;2*1H/i;;1TD;1+2D;1+2. The lowest BCUT2D eigenvalue weighted by Gasteiger charge is -1.88. The minimum atomic E-state index is 0. The van der Waals surface area contributed by atoms with Crippen LogP contribution in [-0.2, 0) is 0 Å². The Hall–Kier alpha value is -1.08. The Labute approximate surface area is 239 Å². The van der Waals surface area contributed by atoms with Gasteiger partial charge in [-0.2, -0.15) is 0 Å². The highest BCUT2D eigenvalue weighted by atomic mass is 32.1. The van der Waals surface area contributed by atoms with Crippen LogP contribution in [0.2, 0.25) is 0 Å². The zero-order valence-corrected chi connectivity index (χ0v) is 24.4. The van der Waals surface area contributed by atoms with Gasteiger partial charge < -0.3 is 0 Å². The van der Waals surface area contributed by atoms with E-state index in [1.54, 1.807) is 0 Å². The first-order valence-electron chi connectivity index (χ1n) is 12.1. The highest BCUT2D eigenvalue weighted by Gasteiger charge is 2.16. The number of rotatable bonds is 1. The number of hydrogen-bond acceptors (Lipinski definition) is 9. The first-order chi connectivity index (χ1) is 18.7. The third kappa shape index (κ3) is 3.35. The Morgan fingerprint density at radius 3 is 1.29 bits per heavy atom. The lowest BCUT2D eigenvalue weighted by molar-refractivity contribution is 2.07. The molecule has 0 aliphatic heterocycles. The first-order valence-corrected chi connectivity index (χ1v) is 17.5. The van der Waals surface area contributed by atoms with Gasteiger partial charge in [-0.3, -0.25) is 0 Å². The van der Waals surface area contributed by atoms with E-state index in [-0.39, 0.29) is 1.43 Å². The van der Waals surface area contributed by atoms with Gasteiger partial charge in [0.1, 0.15) is 0 Å². The van der Waals surface area contributed by atoms with Gasteiger partial charge in [0.05, 0.1) is 36.5 Å². The van der Waals surface area contributed by atoms with Crippen molar-refractivity contribution in [2.24, 2.45) is 0 Å². The van der Waals surface area contributed by atoms with Gasteiger partial charge in [0.15, 0.2) is 0 Å². The largest absolute Gasteiger partial charge is 0.141 e. The van der Waals surface area contributed by atoms with Crippen molar-refractivity contribution in [2.75, 3.05) is 0 Å². The molecule has 1 radical (unpaired) electrons. The van der Waals surface area contributed by atoms with Crippen molar-refractivity contribution in [2.45, 2.75) is 0 Å². The normalized spacial score (nSPS) is 12.6. The summed E-state index contributed by atoms with van der Waals surface area (Å²) >= 11 is 17.1. The van der Waals surface area contributed by atoms with E-state index in [0.29, 0.717) is 8.34 Å². The molecule has 0 aliphatic carbocycles. The minimum Gasteiger partial charge on any atom is -0.141 e. The third-order valence-electron chi connectivity index (χ3n) is 5.43. The second-order valence-electron chi connectivity index (χ2n) is 7.37. The molecule has 9 rings (SSSR count). The third-order valence-corrected chi connectivity index (χ3v) is 16.1. The van der Waals surface area contributed by atoms with Crippen LogP contribution >= 0.6 is 102 Å². The quantitative estimate of drug-likeness (QED) is 0.162. The average Bonchev–Trinajstić information content (AvgIpc) is 3.71. The predicted octanol–water partition coefficient (Wildman–Crippen LogP) is 12.1. The van der Waals surface area contributed by atoms with Gasteiger partial charge in [-0.25, -0.2) is 0 Å². The molecule has 0 spiro atoms. The van der Waals surface area contributed by atoms with Crippen molar-refractivity contribution < 1.29 is 4.40 Å². The monoisotopic (exact) mass is 611 g/mol. The summed E-state index contributed by atoms with van der Waals surface area (Å²) in [5, 5.41) is 8.74. The topological polar surface area (TPSA) is 0 Å². The summed E-state index contributed by atoms with van der Waals surface area (Å²) in [6.07, 6.45) is 0. The van der Waals surface area contributed by atoms with Gasteiger partial charge in [-0.15, -0.1) is 102 Å². The fourth-order valence-electron chi connectivity index (χ4n) is 3.99. The Bertz CT molecular complexity index is 1940. The van der Waals surface area contributed by atoms with Crippen LogP contribution < -0.4 is 0 Å². The van der Waals surface area contributed by atoms with Crippen LogP contribution in [0.25, 0.3) is 66.2 Å². The molecule has 0 nitrogen and oxygen atoms in total. The number of thiophene rings is 9. The van der Waals surface area contributed by atoms with Crippen molar-refractivity contribution >= 4 is 167 Å². The zero-order valence-electron chi connectivity index (χ0n) is 21.0. The average molecular weight is 612 g/mol. The lowest BCUT2D eigenvalue weighted by Crippen LogP contribution is -1.57. The van der Waals surface area contributed by atoms with Crippen molar-refractivity contribution in [3.63, 3.8) is 0 Å². The van der Waals surface area contributed by atoms with Crippen molar-refractivity contribution in [3.05, 3.63) is 57.9 Å². The van der Waals surface area contributed by atoms with Crippen LogP contribution in [0, 0.1) is 0 Å². The molecule has 9 aromatic rings. The Kier molecular flexibility index (Phi) is 4.77. The van der Waals surface area contributed by atoms with Gasteiger partial charge in [-0.1, -0.05) is 0 Å². The molecule has 0 aliphatic rings. The molecule has 0 N–H and O–H groups in total. The maximum atomic E-state index is 5.75. The molecule has 0 unspecified atom stereocenters. The van der Waals surface area contributed by atoms with Crippen molar-refractivity contribution in [1.82, 2.24) is 0 Å². The molecule has 0 saturated carbocycles. The molecule has 0 fully saturated rings. The minimum absolute atomic E-state index is 0. The van der Waals surface area contributed by atoms with Gasteiger partial charge in [0.25, 0.3) is 0 Å². The van der Waals surface area contributed by atoms with Gasteiger partial charge >= 0.3 is 0 Å². The van der Waals surface area contributed by atoms with Crippen LogP contribution in [0.3, 0.4) is 0 Å². The SMILES string of the molecule is [2H][3H].[2H][B][3H].[3HH].c1cc2sc3cc(-c4cc5sc6ccsc6c5s4)sc3c2s1.c1cc2sc3ccsc3c2s1. The van der Waals surface area contributed by atoms with Crippen LogP contribution in [0.4, 0.5) is 0 Å². The summed E-state index contributed by atoms with van der Waals surface area (Å²) in [4.78, 5) is 2.85. The van der Waals surface area contributed by atoms with E-state index in [4.69, 9.17) is 5.64 Å². The molecule has 0 bridgehead atoms. The molecular formula is C24H16BS9. The lowest BCUT2D eigenvalue weighted by atomic mass is 10.3. The van der Waals surface area contributed by atoms with E-state index >= 15 is 0 Å². The molecule has 0 amide bonds. The predicted molar refractivity (Wildman–Crippen MR) is 177 cm³/mol. The van der Waals surface area contributed by atoms with Crippen LogP contribution in [0.15, 0.2) is 57.9 Å². The first kappa shape index (κ1) is 19.1. The van der Waals surface area contributed by atoms with Crippen LogP contribution in [0.1, 0.15) is 4.40 Å². The van der Waals surface area contributed by atoms with Crippen LogP contribution in [-0.4, -0.2) is 11.0 Å². The van der Waals surface area contributed by atoms with Gasteiger partial charge in [0, 0.05) is 42.4 Å². The summed E-state index contributed by atoms with van der Waals surface area (Å²) < 4.78 is 39.0. The van der Waals surface area contributed by atoms with Gasteiger partial charge in [0.2, 0.25) is 0 Å². The molecule has 169 valence electrons. The van der Waals surface area contributed by atoms with E-state index in [9.17, 15) is 0 Å². The molecule has 0 atom stereocenters. The fourth-order valence-corrected chi connectivity index (χ4v) is 15.1. The highest BCUT2D eigenvalue weighted by Crippen LogP contribution is 2.49. The van der Waals surface area contributed by atoms with E-state index < -0.39 is 0 Å². The molecule has 10 heteroatoms. The molecule has 9 aromatic heterocycles. The summed E-state index contributed by atoms with van der Waals surface area (Å²) in [5.41, 5.74) is 0. The molecule has 9 heterocycles. The summed E-state index contributed by atoms with van der Waals surface area (Å²) in [6.45, 7) is 0. The summed E-state index contributed by atoms with van der Waals surface area (Å²) in [6, 6.07) is 13.7. The Morgan fingerprint density at radius 1 is 0.588 bits per heavy atom. The Balaban J connectivity index is 0.000000153. The molecular weight excluding hydrogens is 588 g/mol. The smallest absolute Gasteiger partial charge is 0.0643 e. The van der Waals surface area contributed by atoms with E-state index in [2.05, 4.69) is 57.9 Å². The zero-order chi connectivity index (χ0) is 26.2.